The summed E-state index contributed by atoms with van der Waals surface area (Å²) in [5.74, 6) is 0. The summed E-state index contributed by atoms with van der Waals surface area (Å²) in [5.41, 5.74) is 3.82. The monoisotopic (exact) mass is 702 g/mol. The van der Waals surface area contributed by atoms with E-state index in [1.54, 1.807) is 0 Å². The first-order valence-corrected chi connectivity index (χ1v) is 17.2. The highest BCUT2D eigenvalue weighted by atomic mass is 16.7. The summed E-state index contributed by atoms with van der Waals surface area (Å²) in [6.07, 6.45) is -11.8. The van der Waals surface area contributed by atoms with E-state index in [0.29, 0.717) is 6.61 Å². The van der Waals surface area contributed by atoms with Crippen molar-refractivity contribution in [2.45, 2.75) is 87.8 Å². The van der Waals surface area contributed by atoms with Crippen LogP contribution in [0, 0.1) is 0 Å². The van der Waals surface area contributed by atoms with Crippen LogP contribution in [0.1, 0.15) is 22.3 Å². The number of aliphatic hydroxyl groups excluding tert-OH is 4. The van der Waals surface area contributed by atoms with E-state index in [4.69, 9.17) is 33.2 Å². The van der Waals surface area contributed by atoms with Gasteiger partial charge in [-0.1, -0.05) is 121 Å². The Labute approximate surface area is 297 Å². The van der Waals surface area contributed by atoms with Crippen molar-refractivity contribution < 1.29 is 53.6 Å². The molecule has 0 spiro atoms. The Morgan fingerprint density at radius 1 is 0.412 bits per heavy atom. The van der Waals surface area contributed by atoms with E-state index in [2.05, 4.69) is 0 Å². The molecule has 11 heteroatoms. The summed E-state index contributed by atoms with van der Waals surface area (Å²) >= 11 is 0. The van der Waals surface area contributed by atoms with Crippen molar-refractivity contribution in [3.63, 3.8) is 0 Å². The van der Waals surface area contributed by atoms with Crippen LogP contribution >= 0.6 is 0 Å². The van der Waals surface area contributed by atoms with Crippen molar-refractivity contribution in [2.24, 2.45) is 0 Å². The summed E-state index contributed by atoms with van der Waals surface area (Å²) in [6, 6.07) is 39.0. The predicted molar refractivity (Wildman–Crippen MR) is 185 cm³/mol. The van der Waals surface area contributed by atoms with Gasteiger partial charge in [-0.25, -0.2) is 0 Å². The van der Waals surface area contributed by atoms with Gasteiger partial charge in [0.05, 0.1) is 39.6 Å². The third kappa shape index (κ3) is 10.3. The fourth-order valence-electron chi connectivity index (χ4n) is 6.14. The Bertz CT molecular complexity index is 1550. The minimum Gasteiger partial charge on any atom is -0.387 e. The summed E-state index contributed by atoms with van der Waals surface area (Å²) in [4.78, 5) is 0. The number of hydrogen-bond acceptors (Lipinski definition) is 11. The molecule has 4 N–H and O–H groups in total. The maximum atomic E-state index is 10.7. The third-order valence-corrected chi connectivity index (χ3v) is 8.95. The van der Waals surface area contributed by atoms with Gasteiger partial charge in [-0.2, -0.15) is 0 Å². The fourth-order valence-corrected chi connectivity index (χ4v) is 6.14. The molecule has 0 aliphatic carbocycles. The van der Waals surface area contributed by atoms with Crippen molar-refractivity contribution in [3.8, 4) is 0 Å². The molecule has 11 nitrogen and oxygen atoms in total. The van der Waals surface area contributed by atoms with Crippen LogP contribution in [0.15, 0.2) is 121 Å². The molecular weight excluding hydrogens is 656 g/mol. The SMILES string of the molecule is O[C@@H]1[C@@H](O)[C@@H](O)O[C@H](CO[C@@H]2O[C@H](COCc3ccccc3)[C@@H](OCc3ccccc3)[C@H](OCc3ccccc3)[C@H]2OCc2ccccc2)[C@H]1O. The van der Waals surface area contributed by atoms with Crippen molar-refractivity contribution in [1.82, 2.24) is 0 Å². The quantitative estimate of drug-likeness (QED) is 0.136. The van der Waals surface area contributed by atoms with E-state index in [9.17, 15) is 20.4 Å². The predicted octanol–water partition coefficient (Wildman–Crippen LogP) is 3.50. The minimum atomic E-state index is -1.72. The van der Waals surface area contributed by atoms with Crippen LogP contribution in [0.4, 0.5) is 0 Å². The second-order valence-corrected chi connectivity index (χ2v) is 12.7. The molecule has 10 atom stereocenters. The van der Waals surface area contributed by atoms with E-state index in [-0.39, 0.29) is 33.0 Å². The van der Waals surface area contributed by atoms with Crippen LogP contribution in [-0.2, 0) is 59.6 Å². The maximum Gasteiger partial charge on any atom is 0.187 e. The van der Waals surface area contributed by atoms with Crippen molar-refractivity contribution in [2.75, 3.05) is 13.2 Å². The van der Waals surface area contributed by atoms with Gasteiger partial charge in [-0.05, 0) is 22.3 Å². The lowest BCUT2D eigenvalue weighted by Crippen LogP contribution is -2.63. The second kappa shape index (κ2) is 18.8. The van der Waals surface area contributed by atoms with E-state index in [1.807, 2.05) is 121 Å². The van der Waals surface area contributed by atoms with Gasteiger partial charge < -0.3 is 53.6 Å². The number of aliphatic hydroxyl groups is 4. The van der Waals surface area contributed by atoms with Gasteiger partial charge >= 0.3 is 0 Å². The lowest BCUT2D eigenvalue weighted by atomic mass is 9.97. The minimum absolute atomic E-state index is 0.122. The zero-order valence-corrected chi connectivity index (χ0v) is 28.2. The Hall–Kier alpha value is -3.56. The molecule has 0 bridgehead atoms. The van der Waals surface area contributed by atoms with Crippen LogP contribution in [0.2, 0.25) is 0 Å². The van der Waals surface area contributed by atoms with Gasteiger partial charge in [0.25, 0.3) is 0 Å². The molecule has 0 aromatic heterocycles. The molecule has 2 aliphatic rings. The first-order chi connectivity index (χ1) is 25.0. The summed E-state index contributed by atoms with van der Waals surface area (Å²) in [5, 5.41) is 41.2. The highest BCUT2D eigenvalue weighted by Crippen LogP contribution is 2.32. The Morgan fingerprint density at radius 3 is 1.37 bits per heavy atom. The summed E-state index contributed by atoms with van der Waals surface area (Å²) in [7, 11) is 0. The molecule has 0 unspecified atom stereocenters. The molecule has 2 heterocycles. The molecule has 0 saturated carbocycles. The molecule has 2 aliphatic heterocycles. The van der Waals surface area contributed by atoms with Gasteiger partial charge in [-0.15, -0.1) is 0 Å². The smallest absolute Gasteiger partial charge is 0.187 e. The molecule has 51 heavy (non-hydrogen) atoms. The fraction of sp³-hybridized carbons (Fsp3) is 0.400. The van der Waals surface area contributed by atoms with E-state index >= 15 is 0 Å². The molecule has 272 valence electrons. The highest BCUT2D eigenvalue weighted by molar-refractivity contribution is 5.16. The average Bonchev–Trinajstić information content (AvgIpc) is 3.17. The largest absolute Gasteiger partial charge is 0.387 e. The first-order valence-electron chi connectivity index (χ1n) is 17.2. The van der Waals surface area contributed by atoms with E-state index in [0.717, 1.165) is 22.3 Å². The third-order valence-electron chi connectivity index (χ3n) is 8.95. The average molecular weight is 703 g/mol. The van der Waals surface area contributed by atoms with Crippen molar-refractivity contribution in [1.29, 1.82) is 0 Å². The lowest BCUT2D eigenvalue weighted by Gasteiger charge is -2.46. The molecule has 0 amide bonds. The van der Waals surface area contributed by atoms with E-state index < -0.39 is 61.4 Å². The van der Waals surface area contributed by atoms with Crippen LogP contribution in [0.25, 0.3) is 0 Å². The summed E-state index contributed by atoms with van der Waals surface area (Å²) < 4.78 is 44.4. The molecule has 0 radical (unpaired) electrons. The number of rotatable bonds is 16. The van der Waals surface area contributed by atoms with Crippen LogP contribution in [0.3, 0.4) is 0 Å². The molecule has 2 saturated heterocycles. The molecule has 4 aromatic carbocycles. The maximum absolute atomic E-state index is 10.7. The van der Waals surface area contributed by atoms with Gasteiger partial charge in [0.2, 0.25) is 0 Å². The van der Waals surface area contributed by atoms with Crippen LogP contribution < -0.4 is 0 Å². The normalized spacial score (nSPS) is 29.5. The standard InChI is InChI=1S/C40H46O11/c41-33-31(50-39(44)35(43)34(33)42)26-49-40-38(48-24-30-19-11-4-12-20-30)37(47-23-29-17-9-3-10-18-29)36(46-22-28-15-7-2-8-16-28)32(51-40)25-45-21-27-13-5-1-6-14-27/h1-20,31-44H,21-26H2/t31-,32-,33-,34+,35-,36-,37+,38-,39+,40-/m1/s1. The van der Waals surface area contributed by atoms with Crippen molar-refractivity contribution in [3.05, 3.63) is 144 Å². The Kier molecular flexibility index (Phi) is 13.7. The first kappa shape index (κ1) is 37.2. The number of ether oxygens (including phenoxy) is 7. The number of hydrogen-bond donors (Lipinski definition) is 4. The summed E-state index contributed by atoms with van der Waals surface area (Å²) in [6.45, 7) is 0.862. The molecule has 6 rings (SSSR count). The molecule has 4 aromatic rings. The van der Waals surface area contributed by atoms with Gasteiger partial charge in [0.1, 0.15) is 48.8 Å². The Balaban J connectivity index is 1.29. The Morgan fingerprint density at radius 2 is 0.863 bits per heavy atom. The van der Waals surface area contributed by atoms with Gasteiger partial charge in [0.15, 0.2) is 12.6 Å². The number of benzene rings is 4. The van der Waals surface area contributed by atoms with Crippen LogP contribution in [-0.4, -0.2) is 95.1 Å². The van der Waals surface area contributed by atoms with E-state index in [1.165, 1.54) is 0 Å². The zero-order chi connectivity index (χ0) is 35.4. The van der Waals surface area contributed by atoms with Crippen molar-refractivity contribution >= 4 is 0 Å². The second-order valence-electron chi connectivity index (χ2n) is 12.7. The zero-order valence-electron chi connectivity index (χ0n) is 28.2. The topological polar surface area (TPSA) is 146 Å². The van der Waals surface area contributed by atoms with Gasteiger partial charge in [0, 0.05) is 0 Å². The highest BCUT2D eigenvalue weighted by Gasteiger charge is 2.50. The molecular formula is C40H46O11. The van der Waals surface area contributed by atoms with Gasteiger partial charge in [-0.3, -0.25) is 0 Å². The molecule has 2 fully saturated rings. The van der Waals surface area contributed by atoms with Crippen LogP contribution in [0.5, 0.6) is 0 Å². The lowest BCUT2D eigenvalue weighted by molar-refractivity contribution is -0.342.